The minimum atomic E-state index is 0.139. The predicted octanol–water partition coefficient (Wildman–Crippen LogP) is 2.69. The van der Waals surface area contributed by atoms with Gasteiger partial charge in [0.1, 0.15) is 0 Å². The van der Waals surface area contributed by atoms with Crippen LogP contribution in [-0.4, -0.2) is 9.97 Å². The molecule has 0 amide bonds. The van der Waals surface area contributed by atoms with Gasteiger partial charge in [0, 0.05) is 22.7 Å². The Bertz CT molecular complexity index is 849. The molecule has 2 heterocycles. The van der Waals surface area contributed by atoms with Gasteiger partial charge in [0.15, 0.2) is 5.43 Å². The molecule has 0 saturated heterocycles. The Morgan fingerprint density at radius 1 is 1.05 bits per heavy atom. The number of hydrogen-bond donors (Lipinski definition) is 1. The number of rotatable bonds is 0. The smallest absolute Gasteiger partial charge is 0.193 e. The maximum atomic E-state index is 12.5. The van der Waals surface area contributed by atoms with Crippen molar-refractivity contribution in [3.63, 3.8) is 0 Å². The molecule has 0 unspecified atom stereocenters. The molecule has 0 spiro atoms. The zero-order valence-electron chi connectivity index (χ0n) is 10.3. The molecule has 3 aromatic rings. The van der Waals surface area contributed by atoms with Crippen LogP contribution in [0.2, 0.25) is 0 Å². The Morgan fingerprint density at radius 2 is 1.95 bits per heavy atom. The summed E-state index contributed by atoms with van der Waals surface area (Å²) >= 11 is 0. The van der Waals surface area contributed by atoms with Crippen molar-refractivity contribution in [3.8, 4) is 11.4 Å². The quantitative estimate of drug-likeness (QED) is 0.664. The Kier molecular flexibility index (Phi) is 2.09. The number of aryl methyl sites for hydroxylation is 1. The fraction of sp³-hybridized carbons (Fsp3) is 0.125. The lowest BCUT2D eigenvalue weighted by atomic mass is 9.91. The van der Waals surface area contributed by atoms with E-state index in [0.29, 0.717) is 0 Å². The highest BCUT2D eigenvalue weighted by Crippen LogP contribution is 2.29. The summed E-state index contributed by atoms with van der Waals surface area (Å²) in [5.41, 5.74) is 4.91. The lowest BCUT2D eigenvalue weighted by Gasteiger charge is -2.18. The maximum absolute atomic E-state index is 12.5. The molecule has 0 radical (unpaired) electrons. The van der Waals surface area contributed by atoms with Crippen molar-refractivity contribution < 1.29 is 0 Å². The van der Waals surface area contributed by atoms with Crippen molar-refractivity contribution in [2.45, 2.75) is 12.8 Å². The highest BCUT2D eigenvalue weighted by Gasteiger charge is 2.21. The van der Waals surface area contributed by atoms with E-state index in [4.69, 9.17) is 0 Å². The molecule has 0 aliphatic heterocycles. The molecular weight excluding hydrogens is 236 g/mol. The van der Waals surface area contributed by atoms with Crippen molar-refractivity contribution in [3.05, 3.63) is 63.9 Å². The lowest BCUT2D eigenvalue weighted by molar-refractivity contribution is 0.909. The van der Waals surface area contributed by atoms with Crippen molar-refractivity contribution in [1.29, 1.82) is 0 Å². The molecule has 0 saturated carbocycles. The summed E-state index contributed by atoms with van der Waals surface area (Å²) in [5, 5.41) is 0.764. The van der Waals surface area contributed by atoms with E-state index in [1.54, 1.807) is 6.20 Å². The molecule has 1 N–H and O–H groups in total. The summed E-state index contributed by atoms with van der Waals surface area (Å²) in [5.74, 6) is 0. The molecule has 3 heteroatoms. The second kappa shape index (κ2) is 3.79. The van der Waals surface area contributed by atoms with E-state index in [1.807, 2.05) is 30.3 Å². The fourth-order valence-corrected chi connectivity index (χ4v) is 2.84. The molecule has 3 nitrogen and oxygen atoms in total. The molecule has 19 heavy (non-hydrogen) atoms. The van der Waals surface area contributed by atoms with Gasteiger partial charge in [-0.2, -0.15) is 0 Å². The maximum Gasteiger partial charge on any atom is 0.193 e. The van der Waals surface area contributed by atoms with Gasteiger partial charge in [0.2, 0.25) is 0 Å². The summed E-state index contributed by atoms with van der Waals surface area (Å²) in [6, 6.07) is 11.7. The number of hydrogen-bond acceptors (Lipinski definition) is 2. The van der Waals surface area contributed by atoms with Crippen LogP contribution in [0.3, 0.4) is 0 Å². The van der Waals surface area contributed by atoms with Crippen molar-refractivity contribution in [1.82, 2.24) is 9.97 Å². The molecule has 1 aliphatic carbocycles. The van der Waals surface area contributed by atoms with Crippen LogP contribution in [0.25, 0.3) is 22.3 Å². The summed E-state index contributed by atoms with van der Waals surface area (Å²) in [7, 11) is 0. The van der Waals surface area contributed by atoms with Gasteiger partial charge in [-0.1, -0.05) is 18.2 Å². The van der Waals surface area contributed by atoms with Gasteiger partial charge in [-0.25, -0.2) is 0 Å². The summed E-state index contributed by atoms with van der Waals surface area (Å²) in [6.45, 7) is 0. The number of fused-ring (bicyclic) bond motifs is 4. The van der Waals surface area contributed by atoms with Crippen LogP contribution in [0.5, 0.6) is 0 Å². The van der Waals surface area contributed by atoms with Crippen molar-refractivity contribution >= 4 is 10.9 Å². The van der Waals surface area contributed by atoms with Gasteiger partial charge in [-0.3, -0.25) is 9.78 Å². The van der Waals surface area contributed by atoms with E-state index >= 15 is 0 Å². The first-order valence-electron chi connectivity index (χ1n) is 6.43. The van der Waals surface area contributed by atoms with Crippen molar-refractivity contribution in [2.75, 3.05) is 0 Å². The van der Waals surface area contributed by atoms with Gasteiger partial charge < -0.3 is 4.98 Å². The Hall–Kier alpha value is -2.42. The monoisotopic (exact) mass is 248 g/mol. The van der Waals surface area contributed by atoms with E-state index in [2.05, 4.69) is 16.0 Å². The normalized spacial score (nSPS) is 13.1. The second-order valence-electron chi connectivity index (χ2n) is 4.86. The number of nitrogens with one attached hydrogen (secondary N) is 1. The standard InChI is InChI=1S/C16H12N2O/c19-16-11-5-1-2-6-13(11)18-15-12(16)8-7-10-4-3-9-17-14(10)15/h1-6,9H,7-8H2,(H,18,19). The minimum absolute atomic E-state index is 0.139. The molecular formula is C16H12N2O. The predicted molar refractivity (Wildman–Crippen MR) is 75.2 cm³/mol. The van der Waals surface area contributed by atoms with E-state index in [-0.39, 0.29) is 5.43 Å². The number of nitrogens with zero attached hydrogens (tertiary/aromatic N) is 1. The molecule has 0 fully saturated rings. The third-order valence-corrected chi connectivity index (χ3v) is 3.78. The average molecular weight is 248 g/mol. The average Bonchev–Trinajstić information content (AvgIpc) is 2.47. The van der Waals surface area contributed by atoms with Crippen LogP contribution >= 0.6 is 0 Å². The molecule has 4 rings (SSSR count). The van der Waals surface area contributed by atoms with Crippen LogP contribution in [0.4, 0.5) is 0 Å². The number of pyridine rings is 2. The SMILES string of the molecule is O=c1c2c([nH]c3ccccc13)-c1ncccc1CC2. The van der Waals surface area contributed by atoms with Crippen LogP contribution in [0, 0.1) is 0 Å². The highest BCUT2D eigenvalue weighted by molar-refractivity contribution is 5.83. The van der Waals surface area contributed by atoms with E-state index in [0.717, 1.165) is 40.7 Å². The van der Waals surface area contributed by atoms with Crippen LogP contribution < -0.4 is 5.43 Å². The summed E-state index contributed by atoms with van der Waals surface area (Å²) in [6.07, 6.45) is 3.45. The molecule has 92 valence electrons. The Labute approximate surface area is 109 Å². The number of para-hydroxylation sites is 1. The fourth-order valence-electron chi connectivity index (χ4n) is 2.84. The number of aromatic amines is 1. The lowest BCUT2D eigenvalue weighted by Crippen LogP contribution is -2.18. The highest BCUT2D eigenvalue weighted by atomic mass is 16.1. The van der Waals surface area contributed by atoms with Crippen LogP contribution in [-0.2, 0) is 12.8 Å². The van der Waals surface area contributed by atoms with Gasteiger partial charge in [-0.05, 0) is 36.6 Å². The zero-order valence-corrected chi connectivity index (χ0v) is 10.3. The number of aromatic nitrogens is 2. The largest absolute Gasteiger partial charge is 0.353 e. The first-order chi connectivity index (χ1) is 9.34. The summed E-state index contributed by atoms with van der Waals surface area (Å²) < 4.78 is 0. The third-order valence-electron chi connectivity index (χ3n) is 3.78. The van der Waals surface area contributed by atoms with Gasteiger partial charge in [0.05, 0.1) is 11.4 Å². The Morgan fingerprint density at radius 3 is 2.89 bits per heavy atom. The first-order valence-corrected chi connectivity index (χ1v) is 6.43. The van der Waals surface area contributed by atoms with E-state index in [1.165, 1.54) is 5.56 Å². The molecule has 0 atom stereocenters. The third kappa shape index (κ3) is 1.45. The first kappa shape index (κ1) is 10.5. The number of H-pyrrole nitrogens is 1. The van der Waals surface area contributed by atoms with Gasteiger partial charge >= 0.3 is 0 Å². The molecule has 0 bridgehead atoms. The molecule has 2 aromatic heterocycles. The minimum Gasteiger partial charge on any atom is -0.353 e. The molecule has 1 aliphatic rings. The summed E-state index contributed by atoms with van der Waals surface area (Å²) in [4.78, 5) is 20.4. The number of benzene rings is 1. The van der Waals surface area contributed by atoms with Gasteiger partial charge in [-0.15, -0.1) is 0 Å². The topological polar surface area (TPSA) is 45.8 Å². The van der Waals surface area contributed by atoms with Crippen molar-refractivity contribution in [2.24, 2.45) is 0 Å². The zero-order chi connectivity index (χ0) is 12.8. The van der Waals surface area contributed by atoms with Crippen LogP contribution in [0.15, 0.2) is 47.4 Å². The van der Waals surface area contributed by atoms with Gasteiger partial charge in [0.25, 0.3) is 0 Å². The van der Waals surface area contributed by atoms with E-state index in [9.17, 15) is 4.79 Å². The van der Waals surface area contributed by atoms with Crippen LogP contribution in [0.1, 0.15) is 11.1 Å². The van der Waals surface area contributed by atoms with E-state index < -0.39 is 0 Å². The Balaban J connectivity index is 2.15. The second-order valence-corrected chi connectivity index (χ2v) is 4.86. The molecule has 1 aromatic carbocycles.